The van der Waals surface area contributed by atoms with Crippen molar-refractivity contribution in [2.45, 2.75) is 32.1 Å². The largest absolute Gasteiger partial charge is 0.494 e. The van der Waals surface area contributed by atoms with Crippen LogP contribution >= 0.6 is 0 Å². The van der Waals surface area contributed by atoms with Crippen LogP contribution < -0.4 is 4.74 Å². The third-order valence-electron chi connectivity index (χ3n) is 3.68. The summed E-state index contributed by atoms with van der Waals surface area (Å²) >= 11 is 0. The SMILES string of the molecule is Cc1ccc(S(=O)(=O)CCCOc2ccc(C)c(C)c2)cc1. The van der Waals surface area contributed by atoms with Gasteiger partial charge in [-0.3, -0.25) is 0 Å². The molecule has 0 aromatic heterocycles. The normalized spacial score (nSPS) is 11.4. The van der Waals surface area contributed by atoms with Crippen LogP contribution in [0.5, 0.6) is 5.75 Å². The van der Waals surface area contributed by atoms with Crippen LogP contribution in [0.2, 0.25) is 0 Å². The van der Waals surface area contributed by atoms with Gasteiger partial charge in [0.25, 0.3) is 0 Å². The molecule has 0 spiro atoms. The van der Waals surface area contributed by atoms with Gasteiger partial charge in [0.15, 0.2) is 9.84 Å². The molecule has 22 heavy (non-hydrogen) atoms. The molecule has 4 heteroatoms. The lowest BCUT2D eigenvalue weighted by atomic mass is 10.1. The van der Waals surface area contributed by atoms with E-state index >= 15 is 0 Å². The Bertz CT molecular complexity index is 731. The molecule has 0 saturated carbocycles. The quantitative estimate of drug-likeness (QED) is 0.760. The Kier molecular flexibility index (Phi) is 5.24. The second-order valence-corrected chi connectivity index (χ2v) is 7.69. The van der Waals surface area contributed by atoms with Crippen LogP contribution in [0, 0.1) is 20.8 Å². The predicted molar refractivity (Wildman–Crippen MR) is 89.3 cm³/mol. The first-order chi connectivity index (χ1) is 10.4. The predicted octanol–water partition coefficient (Wildman–Crippen LogP) is 3.85. The van der Waals surface area contributed by atoms with Crippen molar-refractivity contribution >= 4 is 9.84 Å². The van der Waals surface area contributed by atoms with Gasteiger partial charge in [-0.25, -0.2) is 8.42 Å². The van der Waals surface area contributed by atoms with Crippen LogP contribution in [0.3, 0.4) is 0 Å². The summed E-state index contributed by atoms with van der Waals surface area (Å²) in [7, 11) is -3.23. The Morgan fingerprint density at radius 3 is 2.23 bits per heavy atom. The fourth-order valence-corrected chi connectivity index (χ4v) is 3.39. The molecule has 2 aromatic carbocycles. The van der Waals surface area contributed by atoms with Crippen molar-refractivity contribution in [3.8, 4) is 5.75 Å². The Labute approximate surface area is 132 Å². The van der Waals surface area contributed by atoms with Crippen LogP contribution in [0.15, 0.2) is 47.4 Å². The van der Waals surface area contributed by atoms with Crippen molar-refractivity contribution in [1.82, 2.24) is 0 Å². The van der Waals surface area contributed by atoms with E-state index in [1.165, 1.54) is 11.1 Å². The molecular formula is C18H22O3S. The molecule has 0 atom stereocenters. The van der Waals surface area contributed by atoms with E-state index < -0.39 is 9.84 Å². The Morgan fingerprint density at radius 2 is 1.59 bits per heavy atom. The van der Waals surface area contributed by atoms with Crippen LogP contribution in [-0.4, -0.2) is 20.8 Å². The van der Waals surface area contributed by atoms with E-state index in [2.05, 4.69) is 0 Å². The van der Waals surface area contributed by atoms with Crippen molar-refractivity contribution in [2.75, 3.05) is 12.4 Å². The number of hydrogen-bond donors (Lipinski definition) is 0. The zero-order valence-corrected chi connectivity index (χ0v) is 14.1. The van der Waals surface area contributed by atoms with E-state index in [0.29, 0.717) is 17.9 Å². The summed E-state index contributed by atoms with van der Waals surface area (Å²) in [5.74, 6) is 0.886. The fraction of sp³-hybridized carbons (Fsp3) is 0.333. The molecule has 0 aliphatic rings. The van der Waals surface area contributed by atoms with Gasteiger partial charge in [0.1, 0.15) is 5.75 Å². The number of rotatable bonds is 6. The van der Waals surface area contributed by atoms with E-state index in [1.807, 2.05) is 51.1 Å². The average molecular weight is 318 g/mol. The maximum absolute atomic E-state index is 12.2. The van der Waals surface area contributed by atoms with Gasteiger partial charge in [0.05, 0.1) is 17.3 Å². The Hall–Kier alpha value is -1.81. The maximum Gasteiger partial charge on any atom is 0.178 e. The molecule has 0 bridgehead atoms. The second-order valence-electron chi connectivity index (χ2n) is 5.58. The summed E-state index contributed by atoms with van der Waals surface area (Å²) in [6, 6.07) is 12.9. The van der Waals surface area contributed by atoms with Crippen molar-refractivity contribution < 1.29 is 13.2 Å². The van der Waals surface area contributed by atoms with Crippen LogP contribution in [0.25, 0.3) is 0 Å². The van der Waals surface area contributed by atoms with Gasteiger partial charge in [0, 0.05) is 0 Å². The highest BCUT2D eigenvalue weighted by molar-refractivity contribution is 7.91. The van der Waals surface area contributed by atoms with E-state index in [0.717, 1.165) is 11.3 Å². The van der Waals surface area contributed by atoms with Gasteiger partial charge in [-0.2, -0.15) is 0 Å². The minimum Gasteiger partial charge on any atom is -0.494 e. The Balaban J connectivity index is 1.87. The lowest BCUT2D eigenvalue weighted by molar-refractivity contribution is 0.317. The summed E-state index contributed by atoms with van der Waals surface area (Å²) in [6.07, 6.45) is 0.475. The molecule has 2 rings (SSSR count). The molecule has 0 amide bonds. The Morgan fingerprint density at radius 1 is 0.909 bits per heavy atom. The van der Waals surface area contributed by atoms with Crippen LogP contribution in [-0.2, 0) is 9.84 Å². The fourth-order valence-electron chi connectivity index (χ4n) is 2.11. The molecule has 0 fully saturated rings. The zero-order chi connectivity index (χ0) is 16.2. The highest BCUT2D eigenvalue weighted by Gasteiger charge is 2.13. The van der Waals surface area contributed by atoms with Crippen molar-refractivity contribution in [1.29, 1.82) is 0 Å². The summed E-state index contributed by atoms with van der Waals surface area (Å²) in [6.45, 7) is 6.42. The van der Waals surface area contributed by atoms with Crippen LogP contribution in [0.4, 0.5) is 0 Å². The first-order valence-electron chi connectivity index (χ1n) is 7.38. The standard InChI is InChI=1S/C18H22O3S/c1-14-5-9-18(10-6-14)22(19,20)12-4-11-21-17-8-7-15(2)16(3)13-17/h5-10,13H,4,11-12H2,1-3H3. The molecule has 0 radical (unpaired) electrons. The molecule has 2 aromatic rings. The topological polar surface area (TPSA) is 43.4 Å². The molecular weight excluding hydrogens is 296 g/mol. The van der Waals surface area contributed by atoms with E-state index in [9.17, 15) is 8.42 Å². The van der Waals surface area contributed by atoms with Crippen molar-refractivity contribution in [3.63, 3.8) is 0 Å². The minimum atomic E-state index is -3.23. The van der Waals surface area contributed by atoms with Gasteiger partial charge in [0.2, 0.25) is 0 Å². The molecule has 0 aliphatic heterocycles. The second kappa shape index (κ2) is 6.97. The molecule has 3 nitrogen and oxygen atoms in total. The third kappa shape index (κ3) is 4.34. The first-order valence-corrected chi connectivity index (χ1v) is 9.03. The van der Waals surface area contributed by atoms with Gasteiger partial charge >= 0.3 is 0 Å². The van der Waals surface area contributed by atoms with Gasteiger partial charge in [-0.05, 0) is 62.6 Å². The molecule has 0 heterocycles. The first kappa shape index (κ1) is 16.6. The van der Waals surface area contributed by atoms with Crippen molar-refractivity contribution in [3.05, 3.63) is 59.2 Å². The summed E-state index contributed by atoms with van der Waals surface area (Å²) in [4.78, 5) is 0.379. The van der Waals surface area contributed by atoms with E-state index in [1.54, 1.807) is 12.1 Å². The smallest absolute Gasteiger partial charge is 0.178 e. The van der Waals surface area contributed by atoms with Gasteiger partial charge in [-0.1, -0.05) is 23.8 Å². The maximum atomic E-state index is 12.2. The molecule has 118 valence electrons. The highest BCUT2D eigenvalue weighted by Crippen LogP contribution is 2.17. The monoisotopic (exact) mass is 318 g/mol. The number of sulfone groups is 1. The van der Waals surface area contributed by atoms with Gasteiger partial charge < -0.3 is 4.74 Å². The summed E-state index contributed by atoms with van der Waals surface area (Å²) in [5.41, 5.74) is 3.44. The van der Waals surface area contributed by atoms with E-state index in [4.69, 9.17) is 4.74 Å². The number of benzene rings is 2. The molecule has 0 aliphatic carbocycles. The molecule has 0 N–H and O–H groups in total. The molecule has 0 unspecified atom stereocenters. The lowest BCUT2D eigenvalue weighted by Crippen LogP contribution is -2.10. The van der Waals surface area contributed by atoms with E-state index in [-0.39, 0.29) is 5.75 Å². The number of aryl methyl sites for hydroxylation is 3. The molecule has 0 saturated heterocycles. The minimum absolute atomic E-state index is 0.0981. The van der Waals surface area contributed by atoms with Gasteiger partial charge in [-0.15, -0.1) is 0 Å². The summed E-state index contributed by atoms with van der Waals surface area (Å²) in [5, 5.41) is 0. The lowest BCUT2D eigenvalue weighted by Gasteiger charge is -2.09. The van der Waals surface area contributed by atoms with Crippen LogP contribution in [0.1, 0.15) is 23.1 Å². The summed E-state index contributed by atoms with van der Waals surface area (Å²) < 4.78 is 30.0. The number of ether oxygens (including phenoxy) is 1. The average Bonchev–Trinajstić information content (AvgIpc) is 2.48. The number of hydrogen-bond acceptors (Lipinski definition) is 3. The zero-order valence-electron chi connectivity index (χ0n) is 13.3. The third-order valence-corrected chi connectivity index (χ3v) is 5.50. The van der Waals surface area contributed by atoms with Crippen molar-refractivity contribution in [2.24, 2.45) is 0 Å². The highest BCUT2D eigenvalue weighted by atomic mass is 32.2.